The summed E-state index contributed by atoms with van der Waals surface area (Å²) in [5, 5.41) is 10.6. The van der Waals surface area contributed by atoms with Gasteiger partial charge < -0.3 is 14.2 Å². The summed E-state index contributed by atoms with van der Waals surface area (Å²) in [6.45, 7) is 1.31. The van der Waals surface area contributed by atoms with Gasteiger partial charge in [-0.25, -0.2) is 4.68 Å². The maximum atomic E-state index is 12.9. The largest absolute Gasteiger partial charge is 0.451 e. The fourth-order valence-electron chi connectivity index (χ4n) is 3.26. The van der Waals surface area contributed by atoms with Gasteiger partial charge in [-0.1, -0.05) is 12.1 Å². The zero-order chi connectivity index (χ0) is 22.0. The Bertz CT molecular complexity index is 1070. The van der Waals surface area contributed by atoms with E-state index in [1.54, 1.807) is 4.90 Å². The van der Waals surface area contributed by atoms with Crippen LogP contribution in [0.2, 0.25) is 0 Å². The monoisotopic (exact) mass is 434 g/mol. The van der Waals surface area contributed by atoms with Gasteiger partial charge in [0.25, 0.3) is 5.91 Å². The molecule has 0 atom stereocenters. The van der Waals surface area contributed by atoms with E-state index in [1.165, 1.54) is 40.2 Å². The predicted molar refractivity (Wildman–Crippen MR) is 99.4 cm³/mol. The molecule has 1 aromatic carbocycles. The average molecular weight is 434 g/mol. The summed E-state index contributed by atoms with van der Waals surface area (Å²) in [6.07, 6.45) is -3.13. The lowest BCUT2D eigenvalue weighted by Crippen LogP contribution is -2.51. The smallest absolute Gasteiger partial charge is 0.416 e. The molecule has 9 nitrogen and oxygen atoms in total. The van der Waals surface area contributed by atoms with Gasteiger partial charge >= 0.3 is 6.18 Å². The Labute approximate surface area is 174 Å². The molecule has 1 saturated heterocycles. The third-order valence-corrected chi connectivity index (χ3v) is 4.90. The number of piperazine rings is 1. The molecule has 1 fully saturated rings. The van der Waals surface area contributed by atoms with Gasteiger partial charge in [-0.3, -0.25) is 9.59 Å². The molecule has 31 heavy (non-hydrogen) atoms. The number of halogens is 3. The SMILES string of the molecule is O=C(Cn1cnnn1)N1CCN(C(=O)c2ccc(-c3cccc(C(F)(F)F)c3)o2)CC1. The topological polar surface area (TPSA) is 97.4 Å². The van der Waals surface area contributed by atoms with E-state index in [4.69, 9.17) is 4.42 Å². The van der Waals surface area contributed by atoms with Gasteiger partial charge in [-0.15, -0.1) is 5.10 Å². The molecule has 1 aliphatic heterocycles. The maximum absolute atomic E-state index is 12.9. The molecular weight excluding hydrogens is 417 g/mol. The lowest BCUT2D eigenvalue weighted by atomic mass is 10.1. The molecule has 0 unspecified atom stereocenters. The molecule has 0 saturated carbocycles. The first kappa shape index (κ1) is 20.6. The second kappa shape index (κ2) is 8.20. The molecule has 0 radical (unpaired) electrons. The number of tetrazole rings is 1. The number of aromatic nitrogens is 4. The normalized spacial score (nSPS) is 14.7. The highest BCUT2D eigenvalue weighted by Gasteiger charge is 2.31. The fraction of sp³-hybridized carbons (Fsp3) is 0.316. The van der Waals surface area contributed by atoms with Crippen LogP contribution in [0.1, 0.15) is 16.1 Å². The first-order valence-electron chi connectivity index (χ1n) is 9.36. The zero-order valence-electron chi connectivity index (χ0n) is 16.1. The average Bonchev–Trinajstić information content (AvgIpc) is 3.45. The molecule has 3 aromatic rings. The van der Waals surface area contributed by atoms with Crippen molar-refractivity contribution in [2.75, 3.05) is 26.2 Å². The van der Waals surface area contributed by atoms with Crippen molar-refractivity contribution in [2.24, 2.45) is 0 Å². The molecule has 4 rings (SSSR count). The van der Waals surface area contributed by atoms with Crippen LogP contribution in [0, 0.1) is 0 Å². The van der Waals surface area contributed by atoms with Gasteiger partial charge in [0, 0.05) is 31.7 Å². The van der Waals surface area contributed by atoms with Crippen molar-refractivity contribution >= 4 is 11.8 Å². The molecule has 1 aliphatic rings. The van der Waals surface area contributed by atoms with E-state index in [9.17, 15) is 22.8 Å². The summed E-state index contributed by atoms with van der Waals surface area (Å²) < 4.78 is 45.6. The highest BCUT2D eigenvalue weighted by atomic mass is 19.4. The van der Waals surface area contributed by atoms with Crippen LogP contribution in [0.3, 0.4) is 0 Å². The summed E-state index contributed by atoms with van der Waals surface area (Å²) in [5.74, 6) is -0.347. The van der Waals surface area contributed by atoms with Gasteiger partial charge in [0.15, 0.2) is 5.76 Å². The number of nitrogens with zero attached hydrogens (tertiary/aromatic N) is 6. The summed E-state index contributed by atoms with van der Waals surface area (Å²) in [5.41, 5.74) is -0.566. The minimum atomic E-state index is -4.47. The highest BCUT2D eigenvalue weighted by Crippen LogP contribution is 2.32. The van der Waals surface area contributed by atoms with E-state index in [-0.39, 0.29) is 35.4 Å². The number of furan rings is 1. The summed E-state index contributed by atoms with van der Waals surface area (Å²) in [6, 6.07) is 7.62. The third-order valence-electron chi connectivity index (χ3n) is 4.90. The number of amides is 2. The second-order valence-electron chi connectivity index (χ2n) is 6.92. The fourth-order valence-corrected chi connectivity index (χ4v) is 3.26. The van der Waals surface area contributed by atoms with Crippen LogP contribution in [-0.4, -0.2) is 68.0 Å². The van der Waals surface area contributed by atoms with E-state index >= 15 is 0 Å². The van der Waals surface area contributed by atoms with Crippen molar-refractivity contribution < 1.29 is 27.2 Å². The van der Waals surface area contributed by atoms with Crippen molar-refractivity contribution in [2.45, 2.75) is 12.7 Å². The standard InChI is InChI=1S/C19H17F3N6O3/c20-19(21,22)14-3-1-2-13(10-14)15-4-5-16(31-15)18(30)27-8-6-26(7-9-27)17(29)11-28-12-23-24-25-28/h1-5,10,12H,6-9,11H2. The maximum Gasteiger partial charge on any atom is 0.416 e. The Morgan fingerprint density at radius 1 is 1.03 bits per heavy atom. The summed E-state index contributed by atoms with van der Waals surface area (Å²) in [7, 11) is 0. The quantitative estimate of drug-likeness (QED) is 0.623. The minimum absolute atomic E-state index is 0.0134. The number of benzene rings is 1. The third kappa shape index (κ3) is 4.57. The molecule has 0 N–H and O–H groups in total. The van der Waals surface area contributed by atoms with Crippen molar-refractivity contribution in [1.82, 2.24) is 30.0 Å². The molecule has 162 valence electrons. The number of alkyl halides is 3. The molecule has 2 aromatic heterocycles. The van der Waals surface area contributed by atoms with E-state index in [1.807, 2.05) is 0 Å². The Morgan fingerprint density at radius 2 is 1.77 bits per heavy atom. The Kier molecular flexibility index (Phi) is 5.44. The molecule has 0 bridgehead atoms. The van der Waals surface area contributed by atoms with Crippen LogP contribution < -0.4 is 0 Å². The number of hydrogen-bond acceptors (Lipinski definition) is 6. The molecule has 3 heterocycles. The Morgan fingerprint density at radius 3 is 2.45 bits per heavy atom. The molecule has 0 spiro atoms. The number of rotatable bonds is 4. The van der Waals surface area contributed by atoms with Gasteiger partial charge in [0.05, 0.1) is 5.56 Å². The van der Waals surface area contributed by atoms with E-state index in [0.717, 1.165) is 12.1 Å². The molecule has 12 heteroatoms. The van der Waals surface area contributed by atoms with Crippen LogP contribution in [-0.2, 0) is 17.5 Å². The van der Waals surface area contributed by atoms with Crippen LogP contribution in [0.4, 0.5) is 13.2 Å². The van der Waals surface area contributed by atoms with Crippen LogP contribution in [0.25, 0.3) is 11.3 Å². The lowest BCUT2D eigenvalue weighted by molar-refractivity contribution is -0.137. The van der Waals surface area contributed by atoms with Crippen molar-refractivity contribution in [3.63, 3.8) is 0 Å². The highest BCUT2D eigenvalue weighted by molar-refractivity contribution is 5.92. The zero-order valence-corrected chi connectivity index (χ0v) is 16.1. The Hall–Kier alpha value is -3.70. The first-order chi connectivity index (χ1) is 14.8. The second-order valence-corrected chi connectivity index (χ2v) is 6.92. The minimum Gasteiger partial charge on any atom is -0.451 e. The predicted octanol–water partition coefficient (Wildman–Crippen LogP) is 1.94. The van der Waals surface area contributed by atoms with Gasteiger partial charge in [-0.2, -0.15) is 13.2 Å². The van der Waals surface area contributed by atoms with Crippen LogP contribution >= 0.6 is 0 Å². The number of hydrogen-bond donors (Lipinski definition) is 0. The van der Waals surface area contributed by atoms with Crippen molar-refractivity contribution in [3.8, 4) is 11.3 Å². The lowest BCUT2D eigenvalue weighted by Gasteiger charge is -2.34. The van der Waals surface area contributed by atoms with Gasteiger partial charge in [0.2, 0.25) is 5.91 Å². The molecule has 0 aliphatic carbocycles. The van der Waals surface area contributed by atoms with Gasteiger partial charge in [0.1, 0.15) is 18.6 Å². The van der Waals surface area contributed by atoms with Crippen LogP contribution in [0.5, 0.6) is 0 Å². The molecule has 2 amide bonds. The molecular formula is C19H17F3N6O3. The number of carbonyl (C=O) groups is 2. The first-order valence-corrected chi connectivity index (χ1v) is 9.36. The van der Waals surface area contributed by atoms with Crippen molar-refractivity contribution in [3.05, 3.63) is 54.0 Å². The van der Waals surface area contributed by atoms with E-state index in [0.29, 0.717) is 26.2 Å². The van der Waals surface area contributed by atoms with Crippen molar-refractivity contribution in [1.29, 1.82) is 0 Å². The van der Waals surface area contributed by atoms with Gasteiger partial charge in [-0.05, 0) is 34.7 Å². The number of carbonyl (C=O) groups excluding carboxylic acids is 2. The van der Waals surface area contributed by atoms with E-state index in [2.05, 4.69) is 15.5 Å². The summed E-state index contributed by atoms with van der Waals surface area (Å²) in [4.78, 5) is 28.1. The van der Waals surface area contributed by atoms with Crippen LogP contribution in [0.15, 0.2) is 47.1 Å². The summed E-state index contributed by atoms with van der Waals surface area (Å²) >= 11 is 0. The Balaban J connectivity index is 1.38. The van der Waals surface area contributed by atoms with E-state index < -0.39 is 11.7 Å².